The van der Waals surface area contributed by atoms with E-state index in [4.69, 9.17) is 4.74 Å². The van der Waals surface area contributed by atoms with Crippen LogP contribution in [-0.4, -0.2) is 43.3 Å². The lowest BCUT2D eigenvalue weighted by Crippen LogP contribution is -2.48. The van der Waals surface area contributed by atoms with Crippen molar-refractivity contribution in [3.8, 4) is 0 Å². The van der Waals surface area contributed by atoms with E-state index in [0.29, 0.717) is 19.7 Å². The molecule has 0 aliphatic carbocycles. The van der Waals surface area contributed by atoms with Crippen molar-refractivity contribution in [2.75, 3.05) is 26.2 Å². The maximum Gasteiger partial charge on any atom is 0.315 e. The molecule has 2 amide bonds. The molecule has 5 nitrogen and oxygen atoms in total. The average molecular weight is 424 g/mol. The van der Waals surface area contributed by atoms with E-state index in [0.717, 1.165) is 28.3 Å². The van der Waals surface area contributed by atoms with Crippen molar-refractivity contribution in [3.05, 3.63) is 56.7 Å². The highest BCUT2D eigenvalue weighted by atomic mass is 79.9. The Morgan fingerprint density at radius 2 is 2.08 bits per heavy atom. The topological polar surface area (TPSA) is 53.6 Å². The van der Waals surface area contributed by atoms with Gasteiger partial charge in [0.2, 0.25) is 0 Å². The van der Waals surface area contributed by atoms with Gasteiger partial charge in [-0.2, -0.15) is 0 Å². The highest BCUT2D eigenvalue weighted by Crippen LogP contribution is 2.21. The minimum atomic E-state index is -0.159. The summed E-state index contributed by atoms with van der Waals surface area (Å²) in [7, 11) is 0. The lowest BCUT2D eigenvalue weighted by atomic mass is 10.2. The lowest BCUT2D eigenvalue weighted by molar-refractivity contribution is -0.0287. The molecule has 1 unspecified atom stereocenters. The van der Waals surface area contributed by atoms with Crippen molar-refractivity contribution < 1.29 is 9.53 Å². The fourth-order valence-corrected chi connectivity index (χ4v) is 4.20. The summed E-state index contributed by atoms with van der Waals surface area (Å²) in [5, 5.41) is 5.78. The van der Waals surface area contributed by atoms with Crippen LogP contribution >= 0.6 is 27.3 Å². The molecule has 1 aliphatic rings. The first-order valence-corrected chi connectivity index (χ1v) is 9.94. The van der Waals surface area contributed by atoms with Crippen molar-refractivity contribution in [3.63, 3.8) is 0 Å². The third kappa shape index (κ3) is 6.11. The Morgan fingerprint density at radius 1 is 1.24 bits per heavy atom. The highest BCUT2D eigenvalue weighted by molar-refractivity contribution is 9.11. The molecule has 1 fully saturated rings. The molecule has 25 heavy (non-hydrogen) atoms. The second-order valence-electron chi connectivity index (χ2n) is 5.98. The van der Waals surface area contributed by atoms with Crippen LogP contribution in [0.5, 0.6) is 0 Å². The smallest absolute Gasteiger partial charge is 0.315 e. The van der Waals surface area contributed by atoms with Gasteiger partial charge in [0.1, 0.15) is 0 Å². The Hall–Kier alpha value is -1.41. The molecule has 2 N–H and O–H groups in total. The Bertz CT molecular complexity index is 680. The molecule has 0 spiro atoms. The second-order valence-corrected chi connectivity index (χ2v) is 8.53. The number of urea groups is 1. The monoisotopic (exact) mass is 423 g/mol. The van der Waals surface area contributed by atoms with Gasteiger partial charge in [0.15, 0.2) is 0 Å². The molecule has 0 saturated carbocycles. The molecule has 134 valence electrons. The van der Waals surface area contributed by atoms with Gasteiger partial charge in [-0.25, -0.2) is 4.79 Å². The number of morpholine rings is 1. The van der Waals surface area contributed by atoms with E-state index in [9.17, 15) is 4.79 Å². The van der Waals surface area contributed by atoms with E-state index in [1.165, 1.54) is 5.56 Å². The highest BCUT2D eigenvalue weighted by Gasteiger charge is 2.21. The zero-order valence-corrected chi connectivity index (χ0v) is 16.3. The van der Waals surface area contributed by atoms with Crippen LogP contribution in [0.2, 0.25) is 0 Å². The summed E-state index contributed by atoms with van der Waals surface area (Å²) in [6.07, 6.45) is 0.0269. The molecule has 1 aromatic heterocycles. The van der Waals surface area contributed by atoms with E-state index < -0.39 is 0 Å². The van der Waals surface area contributed by atoms with Crippen molar-refractivity contribution >= 4 is 33.3 Å². The van der Waals surface area contributed by atoms with Crippen molar-refractivity contribution in [1.82, 2.24) is 15.5 Å². The van der Waals surface area contributed by atoms with Gasteiger partial charge in [-0.3, -0.25) is 4.90 Å². The van der Waals surface area contributed by atoms with Gasteiger partial charge >= 0.3 is 6.03 Å². The van der Waals surface area contributed by atoms with Crippen LogP contribution in [0, 0.1) is 0 Å². The quantitative estimate of drug-likeness (QED) is 0.749. The van der Waals surface area contributed by atoms with Crippen molar-refractivity contribution in [1.29, 1.82) is 0 Å². The van der Waals surface area contributed by atoms with Crippen LogP contribution in [0.3, 0.4) is 0 Å². The van der Waals surface area contributed by atoms with Gasteiger partial charge in [-0.05, 0) is 33.6 Å². The van der Waals surface area contributed by atoms with Gasteiger partial charge in [-0.1, -0.05) is 30.3 Å². The number of hydrogen-bond donors (Lipinski definition) is 2. The number of ether oxygens (including phenoxy) is 1. The minimum absolute atomic E-state index is 0.0269. The largest absolute Gasteiger partial charge is 0.374 e. The number of carbonyl (C=O) groups is 1. The summed E-state index contributed by atoms with van der Waals surface area (Å²) in [6, 6.07) is 14.3. The van der Waals surface area contributed by atoms with E-state index in [1.807, 2.05) is 18.2 Å². The van der Waals surface area contributed by atoms with Gasteiger partial charge < -0.3 is 15.4 Å². The molecular weight excluding hydrogens is 402 g/mol. The van der Waals surface area contributed by atoms with Crippen molar-refractivity contribution in [2.24, 2.45) is 0 Å². The summed E-state index contributed by atoms with van der Waals surface area (Å²) in [5.74, 6) is 0. The van der Waals surface area contributed by atoms with Crippen LogP contribution in [0.15, 0.2) is 46.3 Å². The van der Waals surface area contributed by atoms with Gasteiger partial charge in [0.25, 0.3) is 0 Å². The normalized spacial score (nSPS) is 18.0. The Balaban J connectivity index is 1.38. The summed E-state index contributed by atoms with van der Waals surface area (Å²) in [6.45, 7) is 4.42. The summed E-state index contributed by atoms with van der Waals surface area (Å²) in [5.41, 5.74) is 1.30. The predicted octanol–water partition coefficient (Wildman–Crippen LogP) is 3.21. The molecule has 3 rings (SSSR count). The fraction of sp³-hybridized carbons (Fsp3) is 0.389. The Morgan fingerprint density at radius 3 is 2.84 bits per heavy atom. The number of carbonyl (C=O) groups excluding carboxylic acids is 1. The molecule has 2 heterocycles. The Kier molecular flexibility index (Phi) is 6.86. The molecule has 1 aliphatic heterocycles. The maximum absolute atomic E-state index is 11.9. The molecule has 0 radical (unpaired) electrons. The maximum atomic E-state index is 11.9. The number of rotatable bonds is 6. The average Bonchev–Trinajstić information content (AvgIpc) is 3.05. The number of halogens is 1. The predicted molar refractivity (Wildman–Crippen MR) is 104 cm³/mol. The minimum Gasteiger partial charge on any atom is -0.374 e. The number of nitrogens with zero attached hydrogens (tertiary/aromatic N) is 1. The zero-order valence-electron chi connectivity index (χ0n) is 13.9. The number of thiophene rings is 1. The molecule has 1 atom stereocenters. The molecule has 2 aromatic rings. The summed E-state index contributed by atoms with van der Waals surface area (Å²) in [4.78, 5) is 15.4. The van der Waals surface area contributed by atoms with E-state index in [1.54, 1.807) is 11.3 Å². The van der Waals surface area contributed by atoms with Crippen LogP contribution in [-0.2, 0) is 17.8 Å². The van der Waals surface area contributed by atoms with Crippen LogP contribution in [0.4, 0.5) is 4.79 Å². The van der Waals surface area contributed by atoms with Gasteiger partial charge in [0.05, 0.1) is 23.0 Å². The first-order chi connectivity index (χ1) is 12.2. The third-order valence-electron chi connectivity index (χ3n) is 4.01. The first-order valence-electron chi connectivity index (χ1n) is 8.33. The molecule has 7 heteroatoms. The molecule has 1 aromatic carbocycles. The van der Waals surface area contributed by atoms with Crippen molar-refractivity contribution in [2.45, 2.75) is 19.2 Å². The standard InChI is InChI=1S/C18H22BrN3O2S/c19-17-7-6-16(25-17)11-21-18(23)20-10-15-13-22(8-9-24-15)12-14-4-2-1-3-5-14/h1-7,15H,8-13H2,(H2,20,21,23). The van der Waals surface area contributed by atoms with E-state index in [2.05, 4.69) is 55.7 Å². The Labute approximate surface area is 160 Å². The fourth-order valence-electron chi connectivity index (χ4n) is 2.77. The third-order valence-corrected chi connectivity index (χ3v) is 5.64. The van der Waals surface area contributed by atoms with Crippen LogP contribution < -0.4 is 10.6 Å². The van der Waals surface area contributed by atoms with Crippen LogP contribution in [0.25, 0.3) is 0 Å². The molecular formula is C18H22BrN3O2S. The lowest BCUT2D eigenvalue weighted by Gasteiger charge is -2.33. The first kappa shape index (κ1) is 18.4. The van der Waals surface area contributed by atoms with E-state index >= 15 is 0 Å². The molecule has 1 saturated heterocycles. The SMILES string of the molecule is O=C(NCc1ccc(Br)s1)NCC1CN(Cc2ccccc2)CCO1. The second kappa shape index (κ2) is 9.33. The number of benzene rings is 1. The molecule has 0 bridgehead atoms. The van der Waals surface area contributed by atoms with Gasteiger partial charge in [-0.15, -0.1) is 11.3 Å². The number of hydrogen-bond acceptors (Lipinski definition) is 4. The number of amides is 2. The number of nitrogens with one attached hydrogen (secondary N) is 2. The summed E-state index contributed by atoms with van der Waals surface area (Å²) >= 11 is 5.04. The van der Waals surface area contributed by atoms with E-state index in [-0.39, 0.29) is 12.1 Å². The zero-order chi connectivity index (χ0) is 17.5. The van der Waals surface area contributed by atoms with Crippen LogP contribution in [0.1, 0.15) is 10.4 Å². The van der Waals surface area contributed by atoms with Gasteiger partial charge in [0, 0.05) is 31.1 Å². The summed E-state index contributed by atoms with van der Waals surface area (Å²) < 4.78 is 6.84.